The Kier molecular flexibility index (Phi) is 1.44. The summed E-state index contributed by atoms with van der Waals surface area (Å²) in [7, 11) is 0. The topological polar surface area (TPSA) is 0 Å². The molecule has 1 heteroatoms. The van der Waals surface area contributed by atoms with Crippen molar-refractivity contribution in [3.05, 3.63) is 0 Å². The van der Waals surface area contributed by atoms with Crippen molar-refractivity contribution in [2.75, 3.05) is 0 Å². The number of hydrogen-bond acceptors (Lipinski definition) is 1. The molecule has 0 aromatic carbocycles. The molecule has 0 nitrogen and oxygen atoms in total. The molecule has 4 saturated carbocycles. The SMILES string of the molecule is C[C@@H]1C2CC3CC(C2)C(=S)C1C3. The monoisotopic (exact) mass is 180 g/mol. The molecule has 4 aliphatic carbocycles. The molecular formula is C11H16S. The number of thiocarbonyl (C=S) groups is 1. The fraction of sp³-hybridized carbons (Fsp3) is 0.909. The molecule has 0 amide bonds. The number of rotatable bonds is 0. The Balaban J connectivity index is 1.98. The first-order valence-corrected chi connectivity index (χ1v) is 5.70. The smallest absolute Gasteiger partial charge is 0.000662 e. The highest BCUT2D eigenvalue weighted by molar-refractivity contribution is 7.80. The summed E-state index contributed by atoms with van der Waals surface area (Å²) in [5.41, 5.74) is 0. The maximum absolute atomic E-state index is 5.55. The van der Waals surface area contributed by atoms with Crippen LogP contribution < -0.4 is 0 Å². The molecule has 0 radical (unpaired) electrons. The Morgan fingerprint density at radius 1 is 1.17 bits per heavy atom. The van der Waals surface area contributed by atoms with Gasteiger partial charge in [0.1, 0.15) is 0 Å². The summed E-state index contributed by atoms with van der Waals surface area (Å²) in [5.74, 6) is 4.72. The third-order valence-corrected chi connectivity index (χ3v) is 5.21. The maximum Gasteiger partial charge on any atom is -0.000662 e. The average Bonchev–Trinajstić information content (AvgIpc) is 2.07. The quantitative estimate of drug-likeness (QED) is 0.516. The van der Waals surface area contributed by atoms with Crippen molar-refractivity contribution < 1.29 is 0 Å². The van der Waals surface area contributed by atoms with E-state index in [0.717, 1.165) is 29.6 Å². The van der Waals surface area contributed by atoms with Gasteiger partial charge >= 0.3 is 0 Å². The van der Waals surface area contributed by atoms with Crippen LogP contribution in [0.4, 0.5) is 0 Å². The highest BCUT2D eigenvalue weighted by Crippen LogP contribution is 2.54. The number of hydrogen-bond donors (Lipinski definition) is 0. The van der Waals surface area contributed by atoms with Crippen molar-refractivity contribution >= 4 is 17.1 Å². The van der Waals surface area contributed by atoms with Gasteiger partial charge < -0.3 is 0 Å². The summed E-state index contributed by atoms with van der Waals surface area (Å²) in [5, 5.41) is 0. The Hall–Kier alpha value is 0.0900. The predicted molar refractivity (Wildman–Crippen MR) is 54.2 cm³/mol. The van der Waals surface area contributed by atoms with Crippen LogP contribution in [0.5, 0.6) is 0 Å². The molecule has 5 atom stereocenters. The van der Waals surface area contributed by atoms with Gasteiger partial charge in [0.25, 0.3) is 0 Å². The van der Waals surface area contributed by atoms with Crippen molar-refractivity contribution in [2.24, 2.45) is 29.6 Å². The predicted octanol–water partition coefficient (Wildman–Crippen LogP) is 3.06. The first-order valence-electron chi connectivity index (χ1n) is 5.29. The molecule has 0 aromatic rings. The van der Waals surface area contributed by atoms with Crippen molar-refractivity contribution in [1.82, 2.24) is 0 Å². The summed E-state index contributed by atoms with van der Waals surface area (Å²) < 4.78 is 0. The summed E-state index contributed by atoms with van der Waals surface area (Å²) in [6.07, 6.45) is 5.84. The van der Waals surface area contributed by atoms with Crippen molar-refractivity contribution in [3.8, 4) is 0 Å². The van der Waals surface area contributed by atoms with E-state index in [4.69, 9.17) is 12.2 Å². The first-order chi connectivity index (χ1) is 5.75. The third-order valence-electron chi connectivity index (χ3n) is 4.57. The average molecular weight is 180 g/mol. The zero-order valence-electron chi connectivity index (χ0n) is 7.62. The minimum Gasteiger partial charge on any atom is -0.0891 e. The molecular weight excluding hydrogens is 164 g/mol. The summed E-state index contributed by atoms with van der Waals surface area (Å²) in [4.78, 5) is 1.45. The van der Waals surface area contributed by atoms with Crippen LogP contribution in [0.2, 0.25) is 0 Å². The Morgan fingerprint density at radius 2 is 2.00 bits per heavy atom. The van der Waals surface area contributed by atoms with Gasteiger partial charge in [-0.3, -0.25) is 0 Å². The molecule has 66 valence electrons. The van der Waals surface area contributed by atoms with Gasteiger partial charge in [0, 0.05) is 0 Å². The van der Waals surface area contributed by atoms with Crippen LogP contribution in [0.3, 0.4) is 0 Å². The Morgan fingerprint density at radius 3 is 2.83 bits per heavy atom. The fourth-order valence-corrected chi connectivity index (χ4v) is 4.42. The largest absolute Gasteiger partial charge is 0.0891 e. The van der Waals surface area contributed by atoms with Crippen LogP contribution >= 0.6 is 12.2 Å². The normalized spacial score (nSPS) is 56.4. The fourth-order valence-electron chi connectivity index (χ4n) is 3.92. The first kappa shape index (κ1) is 7.49. The van der Waals surface area contributed by atoms with E-state index in [9.17, 15) is 0 Å². The van der Waals surface area contributed by atoms with E-state index >= 15 is 0 Å². The van der Waals surface area contributed by atoms with Crippen molar-refractivity contribution in [1.29, 1.82) is 0 Å². The molecule has 4 fully saturated rings. The molecule has 0 saturated heterocycles. The van der Waals surface area contributed by atoms with Gasteiger partial charge in [-0.25, -0.2) is 0 Å². The zero-order chi connectivity index (χ0) is 8.29. The van der Waals surface area contributed by atoms with Crippen LogP contribution in [0.1, 0.15) is 32.6 Å². The lowest BCUT2D eigenvalue weighted by molar-refractivity contribution is 0.0571. The van der Waals surface area contributed by atoms with Crippen LogP contribution in [0.15, 0.2) is 0 Å². The van der Waals surface area contributed by atoms with Gasteiger partial charge in [0.05, 0.1) is 0 Å². The van der Waals surface area contributed by atoms with Crippen molar-refractivity contribution in [2.45, 2.75) is 32.6 Å². The molecule has 0 aromatic heterocycles. The molecule has 4 bridgehead atoms. The lowest BCUT2D eigenvalue weighted by Gasteiger charge is -2.54. The summed E-state index contributed by atoms with van der Waals surface area (Å²) in [6, 6.07) is 0. The summed E-state index contributed by atoms with van der Waals surface area (Å²) in [6.45, 7) is 2.43. The second-order valence-corrected chi connectivity index (χ2v) is 5.61. The highest BCUT2D eigenvalue weighted by Gasteiger charge is 2.49. The standard InChI is InChI=1S/C11H16S/c1-6-8-2-7-3-9(5-8)11(12)10(6)4-7/h6-10H,2-5H2,1H3/t6-,7?,8?,9?,10?/m1/s1. The van der Waals surface area contributed by atoms with E-state index in [-0.39, 0.29) is 0 Å². The Labute approximate surface area is 79.7 Å². The van der Waals surface area contributed by atoms with E-state index in [1.165, 1.54) is 30.5 Å². The van der Waals surface area contributed by atoms with E-state index in [1.54, 1.807) is 0 Å². The maximum atomic E-state index is 5.55. The van der Waals surface area contributed by atoms with Crippen LogP contribution in [-0.4, -0.2) is 4.86 Å². The van der Waals surface area contributed by atoms with Crippen LogP contribution in [-0.2, 0) is 0 Å². The molecule has 0 heterocycles. The molecule has 0 N–H and O–H groups in total. The molecule has 4 unspecified atom stereocenters. The van der Waals surface area contributed by atoms with Gasteiger partial charge in [-0.05, 0) is 60.1 Å². The molecule has 0 spiro atoms. The van der Waals surface area contributed by atoms with Gasteiger partial charge in [0.2, 0.25) is 0 Å². The lowest BCUT2D eigenvalue weighted by Crippen LogP contribution is -2.49. The van der Waals surface area contributed by atoms with E-state index in [2.05, 4.69) is 6.92 Å². The van der Waals surface area contributed by atoms with E-state index < -0.39 is 0 Å². The second-order valence-electron chi connectivity index (χ2n) is 5.13. The van der Waals surface area contributed by atoms with E-state index in [0.29, 0.717) is 0 Å². The van der Waals surface area contributed by atoms with Gasteiger partial charge in [-0.15, -0.1) is 0 Å². The van der Waals surface area contributed by atoms with E-state index in [1.807, 2.05) is 0 Å². The molecule has 12 heavy (non-hydrogen) atoms. The molecule has 4 aliphatic rings. The zero-order valence-corrected chi connectivity index (χ0v) is 8.44. The van der Waals surface area contributed by atoms with Gasteiger partial charge in [0.15, 0.2) is 0 Å². The van der Waals surface area contributed by atoms with Gasteiger partial charge in [-0.2, -0.15) is 0 Å². The van der Waals surface area contributed by atoms with Gasteiger partial charge in [-0.1, -0.05) is 19.1 Å². The van der Waals surface area contributed by atoms with Crippen molar-refractivity contribution in [3.63, 3.8) is 0 Å². The molecule has 0 aliphatic heterocycles. The third kappa shape index (κ3) is 0.810. The summed E-state index contributed by atoms with van der Waals surface area (Å²) >= 11 is 5.55. The second kappa shape index (κ2) is 2.31. The lowest BCUT2D eigenvalue weighted by atomic mass is 9.52. The van der Waals surface area contributed by atoms with Crippen LogP contribution in [0.25, 0.3) is 0 Å². The molecule has 4 rings (SSSR count). The van der Waals surface area contributed by atoms with Crippen LogP contribution in [0, 0.1) is 29.6 Å². The minimum absolute atomic E-state index is 0.844. The highest BCUT2D eigenvalue weighted by atomic mass is 32.1. The minimum atomic E-state index is 0.844. The Bertz CT molecular complexity index is 233.